The van der Waals surface area contributed by atoms with E-state index in [1.807, 2.05) is 54.6 Å². The zero-order valence-corrected chi connectivity index (χ0v) is 21.1. The summed E-state index contributed by atoms with van der Waals surface area (Å²) >= 11 is 1.36. The van der Waals surface area contributed by atoms with Crippen LogP contribution >= 0.6 is 11.3 Å². The Hall–Kier alpha value is -4.04. The molecule has 1 N–H and O–H groups in total. The molecule has 1 unspecified atom stereocenters. The minimum Gasteiger partial charge on any atom is -0.486 e. The Morgan fingerprint density at radius 2 is 1.95 bits per heavy atom. The van der Waals surface area contributed by atoms with Crippen LogP contribution in [0.5, 0.6) is 5.75 Å². The molecule has 2 heterocycles. The van der Waals surface area contributed by atoms with E-state index in [9.17, 15) is 14.0 Å². The third kappa shape index (κ3) is 5.70. The van der Waals surface area contributed by atoms with E-state index in [1.54, 1.807) is 16.3 Å². The fourth-order valence-electron chi connectivity index (χ4n) is 4.55. The zero-order chi connectivity index (χ0) is 25.8. The number of nitrogens with zero attached hydrogens (tertiary/aromatic N) is 2. The van der Waals surface area contributed by atoms with Crippen LogP contribution < -0.4 is 10.1 Å². The highest BCUT2D eigenvalue weighted by Gasteiger charge is 2.31. The average molecular weight is 516 g/mol. The Kier molecular flexibility index (Phi) is 7.28. The largest absolute Gasteiger partial charge is 0.486 e. The van der Waals surface area contributed by atoms with Crippen LogP contribution in [0.25, 0.3) is 0 Å². The number of ether oxygens (including phenoxy) is 1. The predicted molar refractivity (Wildman–Crippen MR) is 140 cm³/mol. The highest BCUT2D eigenvalue weighted by Crippen LogP contribution is 2.37. The molecule has 2 amide bonds. The summed E-state index contributed by atoms with van der Waals surface area (Å²) in [6.45, 7) is 2.74. The molecule has 0 aliphatic carbocycles. The molecule has 4 aromatic rings. The van der Waals surface area contributed by atoms with Gasteiger partial charge in [0.05, 0.1) is 6.04 Å². The molecule has 0 saturated carbocycles. The molecular weight excluding hydrogens is 489 g/mol. The minimum absolute atomic E-state index is 0.0629. The summed E-state index contributed by atoms with van der Waals surface area (Å²) in [6, 6.07) is 21.5. The van der Waals surface area contributed by atoms with Gasteiger partial charge in [0.2, 0.25) is 5.91 Å². The van der Waals surface area contributed by atoms with Crippen LogP contribution in [0.3, 0.4) is 0 Å². The average Bonchev–Trinajstić information content (AvgIpc) is 3.39. The summed E-state index contributed by atoms with van der Waals surface area (Å²) < 4.78 is 20.1. The number of nitrogens with one attached hydrogen (secondary N) is 1. The van der Waals surface area contributed by atoms with Gasteiger partial charge >= 0.3 is 0 Å². The van der Waals surface area contributed by atoms with E-state index in [2.05, 4.69) is 10.3 Å². The summed E-state index contributed by atoms with van der Waals surface area (Å²) in [6.07, 6.45) is 0.717. The number of aromatic nitrogens is 1. The summed E-state index contributed by atoms with van der Waals surface area (Å²) in [7, 11) is 0. The van der Waals surface area contributed by atoms with Crippen molar-refractivity contribution in [1.82, 2.24) is 15.2 Å². The zero-order valence-electron chi connectivity index (χ0n) is 20.3. The quantitative estimate of drug-likeness (QED) is 0.363. The Bertz CT molecular complexity index is 1420. The van der Waals surface area contributed by atoms with E-state index in [0.717, 1.165) is 28.7 Å². The number of thiazole rings is 1. The maximum absolute atomic E-state index is 14.0. The van der Waals surface area contributed by atoms with Gasteiger partial charge in [-0.15, -0.1) is 11.3 Å². The Labute approximate surface area is 218 Å². The SMILES string of the molecule is CC(=O)N1CCc2ccc(OCc3nc(C(=O)NCc4ccccc4)cs3)cc2C1c1cccc(F)c1. The summed E-state index contributed by atoms with van der Waals surface area (Å²) in [5, 5.41) is 5.27. The van der Waals surface area contributed by atoms with Crippen molar-refractivity contribution in [2.24, 2.45) is 0 Å². The Balaban J connectivity index is 1.29. The van der Waals surface area contributed by atoms with Crippen LogP contribution in [-0.4, -0.2) is 28.2 Å². The molecule has 0 spiro atoms. The highest BCUT2D eigenvalue weighted by atomic mass is 32.1. The van der Waals surface area contributed by atoms with Gasteiger partial charge in [-0.1, -0.05) is 48.5 Å². The van der Waals surface area contributed by atoms with Crippen LogP contribution in [0.1, 0.15) is 50.7 Å². The lowest BCUT2D eigenvalue weighted by atomic mass is 9.88. The van der Waals surface area contributed by atoms with Crippen molar-refractivity contribution in [3.63, 3.8) is 0 Å². The van der Waals surface area contributed by atoms with Crippen LogP contribution in [0.15, 0.2) is 78.2 Å². The third-order valence-electron chi connectivity index (χ3n) is 6.36. The highest BCUT2D eigenvalue weighted by molar-refractivity contribution is 7.09. The molecule has 1 aliphatic heterocycles. The van der Waals surface area contributed by atoms with Gasteiger partial charge in [0.25, 0.3) is 5.91 Å². The molecule has 8 heteroatoms. The molecule has 5 rings (SSSR count). The van der Waals surface area contributed by atoms with Crippen molar-refractivity contribution in [2.75, 3.05) is 6.54 Å². The lowest BCUT2D eigenvalue weighted by Crippen LogP contribution is -2.39. The number of benzene rings is 3. The van der Waals surface area contributed by atoms with Crippen LogP contribution in [0.4, 0.5) is 4.39 Å². The molecule has 0 saturated heterocycles. The number of halogens is 1. The fraction of sp³-hybridized carbons (Fsp3) is 0.207. The van der Waals surface area contributed by atoms with Crippen LogP contribution in [0.2, 0.25) is 0 Å². The summed E-state index contributed by atoms with van der Waals surface area (Å²) in [5.41, 5.74) is 4.12. The molecule has 1 aromatic heterocycles. The number of rotatable bonds is 7. The first-order valence-electron chi connectivity index (χ1n) is 12.0. The number of fused-ring (bicyclic) bond motifs is 1. The number of hydrogen-bond acceptors (Lipinski definition) is 5. The second-order valence-corrected chi connectivity index (χ2v) is 9.81. The molecule has 0 bridgehead atoms. The van der Waals surface area contributed by atoms with Crippen LogP contribution in [-0.2, 0) is 24.4 Å². The third-order valence-corrected chi connectivity index (χ3v) is 7.18. The minimum atomic E-state index is -0.389. The summed E-state index contributed by atoms with van der Waals surface area (Å²) in [5.74, 6) is -0.0155. The van der Waals surface area contributed by atoms with E-state index in [-0.39, 0.29) is 30.3 Å². The standard InChI is InChI=1S/C29H26FN3O3S/c1-19(34)33-13-12-21-10-11-24(15-25(21)28(33)22-8-5-9-23(30)14-22)36-17-27-32-26(18-37-27)29(35)31-16-20-6-3-2-4-7-20/h2-11,14-15,18,28H,12-13,16-17H2,1H3,(H,31,35). The van der Waals surface area contributed by atoms with Crippen molar-refractivity contribution >= 4 is 23.2 Å². The van der Waals surface area contributed by atoms with Crippen LogP contribution in [0, 0.1) is 5.82 Å². The fourth-order valence-corrected chi connectivity index (χ4v) is 5.24. The molecule has 3 aromatic carbocycles. The molecule has 37 heavy (non-hydrogen) atoms. The number of carbonyl (C=O) groups is 2. The number of carbonyl (C=O) groups excluding carboxylic acids is 2. The lowest BCUT2D eigenvalue weighted by Gasteiger charge is -2.37. The topological polar surface area (TPSA) is 71.5 Å². The van der Waals surface area contributed by atoms with E-state index < -0.39 is 0 Å². The normalized spacial score (nSPS) is 14.6. The Morgan fingerprint density at radius 3 is 2.73 bits per heavy atom. The first-order valence-corrected chi connectivity index (χ1v) is 12.9. The molecule has 6 nitrogen and oxygen atoms in total. The second kappa shape index (κ2) is 10.9. The van der Waals surface area contributed by atoms with Crippen molar-refractivity contribution < 1.29 is 18.7 Å². The molecule has 1 atom stereocenters. The first-order chi connectivity index (χ1) is 18.0. The van der Waals surface area contributed by atoms with E-state index in [4.69, 9.17) is 4.74 Å². The molecular formula is C29H26FN3O3S. The van der Waals surface area contributed by atoms with Gasteiger partial charge in [-0.2, -0.15) is 0 Å². The van der Waals surface area contributed by atoms with Crippen molar-refractivity contribution in [3.05, 3.63) is 117 Å². The monoisotopic (exact) mass is 515 g/mol. The van der Waals surface area contributed by atoms with Gasteiger partial charge in [0.15, 0.2) is 0 Å². The van der Waals surface area contributed by atoms with Gasteiger partial charge in [0.1, 0.15) is 28.9 Å². The first kappa shape index (κ1) is 24.6. The molecule has 0 radical (unpaired) electrons. The summed E-state index contributed by atoms with van der Waals surface area (Å²) in [4.78, 5) is 31.1. The van der Waals surface area contributed by atoms with Gasteiger partial charge in [0, 0.05) is 25.4 Å². The van der Waals surface area contributed by atoms with Crippen molar-refractivity contribution in [2.45, 2.75) is 32.5 Å². The van der Waals surface area contributed by atoms with E-state index in [0.29, 0.717) is 29.5 Å². The molecule has 188 valence electrons. The van der Waals surface area contributed by atoms with E-state index >= 15 is 0 Å². The van der Waals surface area contributed by atoms with E-state index in [1.165, 1.54) is 30.4 Å². The second-order valence-electron chi connectivity index (χ2n) is 8.86. The van der Waals surface area contributed by atoms with Crippen molar-refractivity contribution in [3.8, 4) is 5.75 Å². The molecule has 1 aliphatic rings. The molecule has 0 fully saturated rings. The van der Waals surface area contributed by atoms with Gasteiger partial charge in [-0.05, 0) is 52.9 Å². The van der Waals surface area contributed by atoms with Gasteiger partial charge in [-0.3, -0.25) is 9.59 Å². The maximum atomic E-state index is 14.0. The van der Waals surface area contributed by atoms with Gasteiger partial charge in [-0.25, -0.2) is 9.37 Å². The lowest BCUT2D eigenvalue weighted by molar-refractivity contribution is -0.130. The van der Waals surface area contributed by atoms with Crippen molar-refractivity contribution in [1.29, 1.82) is 0 Å². The van der Waals surface area contributed by atoms with Gasteiger partial charge < -0.3 is 15.0 Å². The number of amides is 2. The predicted octanol–water partition coefficient (Wildman–Crippen LogP) is 5.29. The Morgan fingerprint density at radius 1 is 1.11 bits per heavy atom. The smallest absolute Gasteiger partial charge is 0.271 e. The maximum Gasteiger partial charge on any atom is 0.271 e. The number of hydrogen-bond donors (Lipinski definition) is 1.